The van der Waals surface area contributed by atoms with Gasteiger partial charge in [-0.1, -0.05) is 11.2 Å². The van der Waals surface area contributed by atoms with Gasteiger partial charge in [-0.15, -0.1) is 5.10 Å². The monoisotopic (exact) mass is 408 g/mol. The Morgan fingerprint density at radius 1 is 1.04 bits per heavy atom. The van der Waals surface area contributed by atoms with E-state index in [2.05, 4.69) is 15.5 Å². The Labute approximate surface area is 158 Å². The van der Waals surface area contributed by atoms with Crippen LogP contribution in [0, 0.1) is 11.6 Å². The molecule has 146 valence electrons. The fourth-order valence-corrected chi connectivity index (χ4v) is 3.15. The highest BCUT2D eigenvalue weighted by molar-refractivity contribution is 7.89. The van der Waals surface area contributed by atoms with Crippen molar-refractivity contribution in [2.24, 2.45) is 0 Å². The van der Waals surface area contributed by atoms with E-state index in [0.29, 0.717) is 5.56 Å². The van der Waals surface area contributed by atoms with Crippen LogP contribution in [0.15, 0.2) is 51.8 Å². The number of rotatable bonds is 5. The molecule has 2 aromatic carbocycles. The summed E-state index contributed by atoms with van der Waals surface area (Å²) in [6.45, 7) is 0. The van der Waals surface area contributed by atoms with Crippen molar-refractivity contribution in [3.63, 3.8) is 0 Å². The smallest absolute Gasteiger partial charge is 0.322 e. The van der Waals surface area contributed by atoms with E-state index in [-0.39, 0.29) is 16.8 Å². The van der Waals surface area contributed by atoms with Gasteiger partial charge in [-0.25, -0.2) is 21.5 Å². The molecule has 8 nitrogen and oxygen atoms in total. The number of hydrogen-bond donors (Lipinski definition) is 1. The largest absolute Gasteiger partial charge is 0.403 e. The molecule has 0 aliphatic rings. The predicted octanol–water partition coefficient (Wildman–Crippen LogP) is 2.52. The van der Waals surface area contributed by atoms with Crippen molar-refractivity contribution in [1.82, 2.24) is 14.5 Å². The standard InChI is InChI=1S/C17H14F2N4O4S/c1-23(2)28(25,26)11-8-6-10(7-9-11)16-21-22-17(27-16)20-15(24)14-12(18)4-3-5-13(14)19/h3-9H,1-2H3,(H,20,22,24). The minimum absolute atomic E-state index is 0.0156. The second kappa shape index (κ2) is 7.44. The zero-order valence-corrected chi connectivity index (χ0v) is 15.5. The summed E-state index contributed by atoms with van der Waals surface area (Å²) >= 11 is 0. The van der Waals surface area contributed by atoms with Gasteiger partial charge in [-0.2, -0.15) is 0 Å². The maximum absolute atomic E-state index is 13.6. The van der Waals surface area contributed by atoms with Crippen molar-refractivity contribution in [3.05, 3.63) is 59.7 Å². The van der Waals surface area contributed by atoms with Gasteiger partial charge in [-0.05, 0) is 36.4 Å². The molecule has 11 heteroatoms. The van der Waals surface area contributed by atoms with Crippen LogP contribution in [0.5, 0.6) is 0 Å². The zero-order valence-electron chi connectivity index (χ0n) is 14.7. The van der Waals surface area contributed by atoms with Crippen LogP contribution < -0.4 is 5.32 Å². The van der Waals surface area contributed by atoms with Crippen LogP contribution >= 0.6 is 0 Å². The van der Waals surface area contributed by atoms with Gasteiger partial charge in [0.15, 0.2) is 0 Å². The molecule has 28 heavy (non-hydrogen) atoms. The molecule has 0 aliphatic heterocycles. The van der Waals surface area contributed by atoms with Crippen molar-refractivity contribution in [3.8, 4) is 11.5 Å². The summed E-state index contributed by atoms with van der Waals surface area (Å²) in [5.74, 6) is -3.17. The first kappa shape index (κ1) is 19.6. The van der Waals surface area contributed by atoms with Crippen LogP contribution in [0.1, 0.15) is 10.4 Å². The van der Waals surface area contributed by atoms with E-state index in [1.165, 1.54) is 38.4 Å². The van der Waals surface area contributed by atoms with Gasteiger partial charge in [0.1, 0.15) is 17.2 Å². The second-order valence-electron chi connectivity index (χ2n) is 5.77. The van der Waals surface area contributed by atoms with Gasteiger partial charge in [0.2, 0.25) is 15.9 Å². The number of benzene rings is 2. The fraction of sp³-hybridized carbons (Fsp3) is 0.118. The predicted molar refractivity (Wildman–Crippen MR) is 94.9 cm³/mol. The van der Waals surface area contributed by atoms with Crippen molar-refractivity contribution >= 4 is 21.9 Å². The van der Waals surface area contributed by atoms with Gasteiger partial charge in [0, 0.05) is 19.7 Å². The third-order valence-corrected chi connectivity index (χ3v) is 5.54. The summed E-state index contributed by atoms with van der Waals surface area (Å²) in [6.07, 6.45) is 0. The Morgan fingerprint density at radius 3 is 2.21 bits per heavy atom. The molecular weight excluding hydrogens is 394 g/mol. The second-order valence-corrected chi connectivity index (χ2v) is 7.93. The highest BCUT2D eigenvalue weighted by Gasteiger charge is 2.20. The summed E-state index contributed by atoms with van der Waals surface area (Å²) in [6, 6.07) is 8.28. The molecule has 1 N–H and O–H groups in total. The average molecular weight is 408 g/mol. The number of halogens is 2. The van der Waals surface area contributed by atoms with E-state index in [4.69, 9.17) is 4.42 Å². The van der Waals surface area contributed by atoms with E-state index in [1.807, 2.05) is 0 Å². The number of nitrogens with zero attached hydrogens (tertiary/aromatic N) is 3. The molecule has 0 aliphatic carbocycles. The van der Waals surface area contributed by atoms with Crippen LogP contribution in [0.3, 0.4) is 0 Å². The lowest BCUT2D eigenvalue weighted by Gasteiger charge is -2.11. The third-order valence-electron chi connectivity index (χ3n) is 3.72. The number of anilines is 1. The van der Waals surface area contributed by atoms with Crippen LogP contribution in [0.4, 0.5) is 14.8 Å². The van der Waals surface area contributed by atoms with E-state index < -0.39 is 33.1 Å². The van der Waals surface area contributed by atoms with Gasteiger partial charge >= 0.3 is 6.01 Å². The number of sulfonamides is 1. The molecule has 0 spiro atoms. The minimum Gasteiger partial charge on any atom is -0.403 e. The molecule has 0 unspecified atom stereocenters. The number of carbonyl (C=O) groups is 1. The first-order chi connectivity index (χ1) is 13.2. The Hall–Kier alpha value is -3.18. The highest BCUT2D eigenvalue weighted by Crippen LogP contribution is 2.23. The number of aromatic nitrogens is 2. The first-order valence-corrected chi connectivity index (χ1v) is 9.26. The Bertz CT molecular complexity index is 1110. The number of nitrogens with one attached hydrogen (secondary N) is 1. The topological polar surface area (TPSA) is 105 Å². The molecule has 0 saturated heterocycles. The van der Waals surface area contributed by atoms with Crippen LogP contribution in [-0.2, 0) is 10.0 Å². The number of carbonyl (C=O) groups excluding carboxylic acids is 1. The number of amides is 1. The lowest BCUT2D eigenvalue weighted by molar-refractivity contribution is 0.101. The molecule has 3 aromatic rings. The normalized spacial score (nSPS) is 11.6. The van der Waals surface area contributed by atoms with Gasteiger partial charge in [0.05, 0.1) is 4.90 Å². The molecule has 0 atom stereocenters. The lowest BCUT2D eigenvalue weighted by atomic mass is 10.2. The van der Waals surface area contributed by atoms with Crippen LogP contribution in [0.25, 0.3) is 11.5 Å². The van der Waals surface area contributed by atoms with Crippen molar-refractivity contribution < 1.29 is 26.4 Å². The van der Waals surface area contributed by atoms with Gasteiger partial charge < -0.3 is 4.42 Å². The summed E-state index contributed by atoms with van der Waals surface area (Å²) in [5, 5.41) is 9.44. The molecular formula is C17H14F2N4O4S. The van der Waals surface area contributed by atoms with E-state index in [0.717, 1.165) is 22.5 Å². The van der Waals surface area contributed by atoms with E-state index in [9.17, 15) is 22.0 Å². The Kier molecular flexibility index (Phi) is 5.21. The van der Waals surface area contributed by atoms with Crippen molar-refractivity contribution in [2.45, 2.75) is 4.90 Å². The van der Waals surface area contributed by atoms with Gasteiger partial charge in [-0.3, -0.25) is 10.1 Å². The maximum atomic E-state index is 13.6. The summed E-state index contributed by atoms with van der Waals surface area (Å²) in [4.78, 5) is 12.1. The maximum Gasteiger partial charge on any atom is 0.322 e. The number of hydrogen-bond acceptors (Lipinski definition) is 6. The van der Waals surface area contributed by atoms with Crippen molar-refractivity contribution in [1.29, 1.82) is 0 Å². The first-order valence-electron chi connectivity index (χ1n) is 7.82. The zero-order chi connectivity index (χ0) is 20.5. The molecule has 1 amide bonds. The molecule has 1 aromatic heterocycles. The van der Waals surface area contributed by atoms with Crippen molar-refractivity contribution in [2.75, 3.05) is 19.4 Å². The molecule has 1 heterocycles. The summed E-state index contributed by atoms with van der Waals surface area (Å²) in [7, 11) is -0.764. The Balaban J connectivity index is 1.80. The molecule has 0 radical (unpaired) electrons. The lowest BCUT2D eigenvalue weighted by Crippen LogP contribution is -2.22. The third kappa shape index (κ3) is 3.75. The van der Waals surface area contributed by atoms with E-state index >= 15 is 0 Å². The van der Waals surface area contributed by atoms with Crippen LogP contribution in [0.2, 0.25) is 0 Å². The average Bonchev–Trinajstić information content (AvgIpc) is 3.10. The molecule has 0 bridgehead atoms. The van der Waals surface area contributed by atoms with Crippen LogP contribution in [-0.4, -0.2) is 42.9 Å². The SMILES string of the molecule is CN(C)S(=O)(=O)c1ccc(-c2nnc(NC(=O)c3c(F)cccc3F)o2)cc1. The quantitative estimate of drug-likeness (QED) is 0.696. The van der Waals surface area contributed by atoms with E-state index in [1.54, 1.807) is 0 Å². The van der Waals surface area contributed by atoms with Gasteiger partial charge in [0.25, 0.3) is 5.91 Å². The Morgan fingerprint density at radius 2 is 1.64 bits per heavy atom. The summed E-state index contributed by atoms with van der Waals surface area (Å²) in [5.41, 5.74) is -0.386. The molecule has 0 fully saturated rings. The molecule has 3 rings (SSSR count). The highest BCUT2D eigenvalue weighted by atomic mass is 32.2. The fourth-order valence-electron chi connectivity index (χ4n) is 2.25. The molecule has 0 saturated carbocycles. The summed E-state index contributed by atoms with van der Waals surface area (Å²) < 4.78 is 57.7. The minimum atomic E-state index is -3.59.